The topological polar surface area (TPSA) is 372 Å². The zero-order chi connectivity index (χ0) is 44.6. The van der Waals surface area contributed by atoms with Gasteiger partial charge in [0.05, 0.1) is 41.3 Å². The molecule has 2 aliphatic heterocycles. The van der Waals surface area contributed by atoms with E-state index < -0.39 is 77.6 Å². The van der Waals surface area contributed by atoms with Crippen LogP contribution in [0.3, 0.4) is 0 Å². The summed E-state index contributed by atoms with van der Waals surface area (Å²) >= 11 is 0. The predicted octanol–water partition coefficient (Wildman–Crippen LogP) is 5.52. The number of amides is 2. The largest absolute Gasteiger partial charge is 0.311 e. The van der Waals surface area contributed by atoms with Gasteiger partial charge in [-0.1, -0.05) is 18.2 Å². The second-order valence-electron chi connectivity index (χ2n) is 12.6. The van der Waals surface area contributed by atoms with Gasteiger partial charge in [0.1, 0.15) is 27.1 Å². The maximum absolute atomic E-state index is 12.4. The normalized spacial score (nSPS) is 18.8. The summed E-state index contributed by atoms with van der Waals surface area (Å²) in [7, 11) is -9.73. The summed E-state index contributed by atoms with van der Waals surface area (Å²) in [6.45, 7) is 0. The highest BCUT2D eigenvalue weighted by molar-refractivity contribution is 7.86. The van der Waals surface area contributed by atoms with Gasteiger partial charge in [-0.2, -0.15) is 78.3 Å². The lowest BCUT2D eigenvalue weighted by atomic mass is 10.0. The van der Waals surface area contributed by atoms with E-state index in [0.29, 0.717) is 11.3 Å². The molecule has 2 atom stereocenters. The molecule has 26 heteroatoms. The van der Waals surface area contributed by atoms with Gasteiger partial charge in [-0.05, 0) is 72.3 Å². The van der Waals surface area contributed by atoms with E-state index in [2.05, 4.69) is 61.5 Å². The summed E-state index contributed by atoms with van der Waals surface area (Å²) in [6.07, 6.45) is 2.23. The molecule has 4 aromatic rings. The summed E-state index contributed by atoms with van der Waals surface area (Å²) in [4.78, 5) is 54.4. The van der Waals surface area contributed by atoms with Crippen LogP contribution in [0.15, 0.2) is 146 Å². The first-order chi connectivity index (χ1) is 29.5. The molecule has 0 spiro atoms. The van der Waals surface area contributed by atoms with Crippen LogP contribution in [-0.2, 0) is 39.4 Å². The van der Waals surface area contributed by atoms with E-state index >= 15 is 0 Å². The van der Waals surface area contributed by atoms with Gasteiger partial charge < -0.3 is 10.6 Å². The van der Waals surface area contributed by atoms with Crippen molar-refractivity contribution in [1.29, 1.82) is 10.5 Å². The average Bonchev–Trinajstić information content (AvgIpc) is 3.22. The van der Waals surface area contributed by atoms with Gasteiger partial charge in [0.15, 0.2) is 11.6 Å². The number of piperidine rings is 2. The first kappa shape index (κ1) is 43.3. The third kappa shape index (κ3) is 10.7. The third-order valence-corrected chi connectivity index (χ3v) is 10.1. The number of carbonyl (C=O) groups is 4. The number of nitrogens with one attached hydrogen (secondary N) is 2. The van der Waals surface area contributed by atoms with Gasteiger partial charge >= 0.3 is 0 Å². The van der Waals surface area contributed by atoms with Gasteiger partial charge in [0.2, 0.25) is 24.5 Å². The molecular formula is C36H24N14O10S2. The van der Waals surface area contributed by atoms with Crippen molar-refractivity contribution in [3.63, 3.8) is 0 Å². The Hall–Kier alpha value is -8.30. The van der Waals surface area contributed by atoms with Crippen LogP contribution in [0.2, 0.25) is 0 Å². The number of nitriles is 2. The number of azo groups is 4. The number of rotatable bonds is 11. The number of nitrogens with zero attached hydrogens (tertiary/aromatic N) is 12. The minimum Gasteiger partial charge on any atom is -0.311 e. The van der Waals surface area contributed by atoms with E-state index in [1.807, 2.05) is 0 Å². The molecule has 0 radical (unpaired) electrons. The van der Waals surface area contributed by atoms with Gasteiger partial charge in [-0.15, -0.1) is 0 Å². The Morgan fingerprint density at radius 3 is 1.40 bits per heavy atom. The first-order valence-corrected chi connectivity index (χ1v) is 20.1. The molecule has 62 heavy (non-hydrogen) atoms. The van der Waals surface area contributed by atoms with Gasteiger partial charge in [-0.3, -0.25) is 28.3 Å². The Labute approximate surface area is 348 Å². The molecule has 6 rings (SSSR count). The number of ketones is 2. The lowest BCUT2D eigenvalue weighted by molar-refractivity contribution is -0.131. The van der Waals surface area contributed by atoms with Crippen molar-refractivity contribution in [3.8, 4) is 23.5 Å². The van der Waals surface area contributed by atoms with Crippen LogP contribution in [0.25, 0.3) is 11.1 Å². The van der Waals surface area contributed by atoms with Crippen LogP contribution >= 0.6 is 0 Å². The van der Waals surface area contributed by atoms with E-state index in [1.165, 1.54) is 79.1 Å². The molecule has 2 amide bonds. The molecule has 0 aliphatic carbocycles. The first-order valence-electron chi connectivity index (χ1n) is 17.2. The molecule has 4 N–H and O–H groups in total. The zero-order valence-corrected chi connectivity index (χ0v) is 32.6. The third-order valence-electron chi connectivity index (χ3n) is 8.32. The molecule has 0 saturated carbocycles. The van der Waals surface area contributed by atoms with Crippen molar-refractivity contribution in [3.05, 3.63) is 84.9 Å². The van der Waals surface area contributed by atoms with Gasteiger partial charge in [0, 0.05) is 5.56 Å². The number of hydrogen-bond acceptors (Lipinski definition) is 20. The van der Waals surface area contributed by atoms with E-state index in [-0.39, 0.29) is 46.4 Å². The molecule has 2 fully saturated rings. The van der Waals surface area contributed by atoms with Crippen LogP contribution < -0.4 is 10.6 Å². The van der Waals surface area contributed by atoms with Crippen LogP contribution in [0.4, 0.5) is 34.1 Å². The van der Waals surface area contributed by atoms with E-state index in [0.717, 1.165) is 18.2 Å². The molecule has 0 bridgehead atoms. The van der Waals surface area contributed by atoms with Crippen LogP contribution in [0.5, 0.6) is 0 Å². The van der Waals surface area contributed by atoms with Gasteiger partial charge in [0.25, 0.3) is 32.1 Å². The Morgan fingerprint density at radius 1 is 0.532 bits per heavy atom. The number of Topliss-reactive ketones (excluding diaryl/α,β-unsaturated/α-hetero) is 2. The summed E-state index contributed by atoms with van der Waals surface area (Å²) in [5.74, 6) is -3.32. The standard InChI is InChI=1S/C36H24N14O10S2/c37-17-39-31-15-27(51)33(35(53)41-31)49-45-22-7-5-21(6-8-22)44-46-23-9-11-25(29(13-23)61(55,56)57)19-1-3-20(4-2-19)43-47-24-10-12-26(30(14-24)62(58,59)60)48-50-34-28(52)16-32(40-18-38)42-36(34)54/h1-14,33-34H,15-16H2,(H,39,41,53)(H,40,42,54)(H,55,56,57)(H,58,59,60). The van der Waals surface area contributed by atoms with Crippen molar-refractivity contribution in [1.82, 2.24) is 10.6 Å². The van der Waals surface area contributed by atoms with Gasteiger partial charge in [-0.25, -0.2) is 0 Å². The molecule has 2 unspecified atom stereocenters. The fourth-order valence-corrected chi connectivity index (χ4v) is 6.84. The van der Waals surface area contributed by atoms with Crippen molar-refractivity contribution in [2.75, 3.05) is 0 Å². The molecule has 310 valence electrons. The molecule has 4 aromatic carbocycles. The average molecular weight is 877 g/mol. The summed E-state index contributed by atoms with van der Waals surface area (Å²) in [5, 5.41) is 52.9. The summed E-state index contributed by atoms with van der Waals surface area (Å²) in [6, 6.07) is 15.9. The number of benzene rings is 4. The number of amidine groups is 2. The Kier molecular flexibility index (Phi) is 12.8. The van der Waals surface area contributed by atoms with E-state index in [9.17, 15) is 45.1 Å². The lowest BCUT2D eigenvalue weighted by Crippen LogP contribution is -2.48. The molecular weight excluding hydrogens is 853 g/mol. The second kappa shape index (κ2) is 18.3. The smallest absolute Gasteiger partial charge is 0.296 e. The second-order valence-corrected chi connectivity index (χ2v) is 15.3. The van der Waals surface area contributed by atoms with Crippen molar-refractivity contribution >= 4 is 89.4 Å². The lowest BCUT2D eigenvalue weighted by Gasteiger charge is -2.17. The maximum atomic E-state index is 12.4. The van der Waals surface area contributed by atoms with Crippen molar-refractivity contribution < 1.29 is 45.1 Å². The monoisotopic (exact) mass is 876 g/mol. The van der Waals surface area contributed by atoms with Crippen molar-refractivity contribution in [2.24, 2.45) is 50.9 Å². The number of hydrogen-bond donors (Lipinski definition) is 4. The fourth-order valence-electron chi connectivity index (χ4n) is 5.46. The molecule has 24 nitrogen and oxygen atoms in total. The number of aliphatic imine (C=N–C) groups is 2. The zero-order valence-electron chi connectivity index (χ0n) is 31.0. The van der Waals surface area contributed by atoms with E-state index in [4.69, 9.17) is 10.5 Å². The van der Waals surface area contributed by atoms with E-state index in [1.54, 1.807) is 0 Å². The molecule has 2 heterocycles. The summed E-state index contributed by atoms with van der Waals surface area (Å²) < 4.78 is 69.1. The van der Waals surface area contributed by atoms with Crippen molar-refractivity contribution in [2.45, 2.75) is 34.7 Å². The number of carbonyl (C=O) groups excluding carboxylic acids is 4. The highest BCUT2D eigenvalue weighted by atomic mass is 32.2. The SMILES string of the molecule is N#CN=C1CC(=O)C(N=Nc2ccc(N=Nc3ccc(-c4ccc(N=Nc5ccc(N=NC6C(=O)CC(=NC#N)NC6=O)c(S(=O)(=O)O)c5)cc4)c(S(=O)(=O)O)c3)cc2)C(=O)N1. The van der Waals surface area contributed by atoms with Crippen LogP contribution in [0.1, 0.15) is 12.8 Å². The minimum atomic E-state index is -4.93. The Morgan fingerprint density at radius 2 is 0.935 bits per heavy atom. The Balaban J connectivity index is 1.14. The molecule has 2 saturated heterocycles. The van der Waals surface area contributed by atoms with Crippen LogP contribution in [-0.4, -0.2) is 73.1 Å². The highest BCUT2D eigenvalue weighted by Gasteiger charge is 2.35. The quantitative estimate of drug-likeness (QED) is 0.0626. The fraction of sp³-hybridized carbons (Fsp3) is 0.111. The maximum Gasteiger partial charge on any atom is 0.296 e. The highest BCUT2D eigenvalue weighted by Crippen LogP contribution is 2.34. The molecule has 0 aromatic heterocycles. The Bertz CT molecular complexity index is 2990. The van der Waals surface area contributed by atoms with Crippen LogP contribution in [0, 0.1) is 22.9 Å². The molecule has 2 aliphatic rings. The minimum absolute atomic E-state index is 0.0574. The predicted molar refractivity (Wildman–Crippen MR) is 211 cm³/mol. The summed E-state index contributed by atoms with van der Waals surface area (Å²) in [5.41, 5.74) is 0.762.